The lowest BCUT2D eigenvalue weighted by Crippen LogP contribution is -2.44. The van der Waals surface area contributed by atoms with E-state index in [0.717, 1.165) is 0 Å². The standard InChI is InChI=1S/C23H31N3/c1-14(2)26-21(22-17(5)9-15(3)10-18(22)6)13-25(24-26)23-19(7)11-16(4)12-20(23)8/h9-14,24H,1-8H3. The van der Waals surface area contributed by atoms with E-state index in [1.807, 2.05) is 0 Å². The van der Waals surface area contributed by atoms with Crippen LogP contribution in [0.4, 0.5) is 5.69 Å². The van der Waals surface area contributed by atoms with Gasteiger partial charge in [0.2, 0.25) is 0 Å². The van der Waals surface area contributed by atoms with Gasteiger partial charge in [-0.05, 0) is 77.6 Å². The van der Waals surface area contributed by atoms with Gasteiger partial charge in [-0.25, -0.2) is 0 Å². The fourth-order valence-electron chi connectivity index (χ4n) is 4.21. The summed E-state index contributed by atoms with van der Waals surface area (Å²) in [5.41, 5.74) is 15.2. The molecule has 0 saturated heterocycles. The third-order valence-electron chi connectivity index (χ3n) is 5.05. The molecule has 3 heteroatoms. The predicted octanol–water partition coefficient (Wildman–Crippen LogP) is 5.49. The van der Waals surface area contributed by atoms with Crippen LogP contribution >= 0.6 is 0 Å². The first-order valence-electron chi connectivity index (χ1n) is 9.41. The van der Waals surface area contributed by atoms with Gasteiger partial charge < -0.3 is 0 Å². The highest BCUT2D eigenvalue weighted by molar-refractivity contribution is 5.76. The number of benzene rings is 2. The molecule has 1 N–H and O–H groups in total. The van der Waals surface area contributed by atoms with Crippen molar-refractivity contribution >= 4 is 11.4 Å². The summed E-state index contributed by atoms with van der Waals surface area (Å²) in [7, 11) is 0. The maximum absolute atomic E-state index is 3.60. The molecule has 0 spiro atoms. The Bertz CT molecular complexity index is 831. The third kappa shape index (κ3) is 3.24. The maximum atomic E-state index is 3.60. The van der Waals surface area contributed by atoms with Crippen molar-refractivity contribution in [1.29, 1.82) is 0 Å². The van der Waals surface area contributed by atoms with Gasteiger partial charge in [-0.15, -0.1) is 5.53 Å². The van der Waals surface area contributed by atoms with Crippen molar-refractivity contribution in [1.82, 2.24) is 10.5 Å². The fraction of sp³-hybridized carbons (Fsp3) is 0.391. The van der Waals surface area contributed by atoms with Gasteiger partial charge in [0, 0.05) is 17.8 Å². The van der Waals surface area contributed by atoms with E-state index in [2.05, 4.69) is 101 Å². The van der Waals surface area contributed by atoms with Gasteiger partial charge in [-0.2, -0.15) is 0 Å². The van der Waals surface area contributed by atoms with E-state index in [9.17, 15) is 0 Å². The zero-order valence-corrected chi connectivity index (χ0v) is 17.4. The Morgan fingerprint density at radius 2 is 1.19 bits per heavy atom. The molecule has 0 atom stereocenters. The van der Waals surface area contributed by atoms with Crippen LogP contribution in [0.25, 0.3) is 5.70 Å². The molecule has 0 aromatic heterocycles. The highest BCUT2D eigenvalue weighted by atomic mass is 15.8. The van der Waals surface area contributed by atoms with Gasteiger partial charge in [0.25, 0.3) is 0 Å². The second-order valence-corrected chi connectivity index (χ2v) is 7.97. The van der Waals surface area contributed by atoms with Crippen molar-refractivity contribution in [2.24, 2.45) is 0 Å². The number of nitrogens with one attached hydrogen (secondary N) is 1. The molecule has 0 bridgehead atoms. The van der Waals surface area contributed by atoms with Gasteiger partial charge in [-0.3, -0.25) is 10.0 Å². The molecule has 3 nitrogen and oxygen atoms in total. The second kappa shape index (κ2) is 6.81. The van der Waals surface area contributed by atoms with E-state index in [0.29, 0.717) is 6.04 Å². The molecule has 26 heavy (non-hydrogen) atoms. The number of aryl methyl sites for hydroxylation is 6. The van der Waals surface area contributed by atoms with Crippen molar-refractivity contribution in [2.45, 2.75) is 61.4 Å². The van der Waals surface area contributed by atoms with E-state index in [-0.39, 0.29) is 0 Å². The molecule has 0 fully saturated rings. The number of rotatable bonds is 3. The smallest absolute Gasteiger partial charge is 0.0797 e. The second-order valence-electron chi connectivity index (χ2n) is 7.97. The summed E-state index contributed by atoms with van der Waals surface area (Å²) in [5, 5.41) is 4.45. The molecule has 3 rings (SSSR count). The molecule has 0 unspecified atom stereocenters. The normalized spacial score (nSPS) is 14.4. The molecule has 1 heterocycles. The topological polar surface area (TPSA) is 18.5 Å². The van der Waals surface area contributed by atoms with Crippen LogP contribution in [0, 0.1) is 41.5 Å². The Morgan fingerprint density at radius 1 is 0.731 bits per heavy atom. The van der Waals surface area contributed by atoms with Crippen LogP contribution < -0.4 is 10.5 Å². The molecule has 0 aliphatic carbocycles. The Morgan fingerprint density at radius 3 is 1.65 bits per heavy atom. The minimum Gasteiger partial charge on any atom is -0.286 e. The van der Waals surface area contributed by atoms with Gasteiger partial charge in [0.1, 0.15) is 0 Å². The van der Waals surface area contributed by atoms with Crippen LogP contribution in [-0.4, -0.2) is 11.1 Å². The summed E-state index contributed by atoms with van der Waals surface area (Å²) < 4.78 is 0. The third-order valence-corrected chi connectivity index (χ3v) is 5.05. The highest BCUT2D eigenvalue weighted by Gasteiger charge is 2.28. The Hall–Kier alpha value is -2.26. The number of hydrazine groups is 2. The average Bonchev–Trinajstić information content (AvgIpc) is 2.89. The average molecular weight is 350 g/mol. The summed E-state index contributed by atoms with van der Waals surface area (Å²) in [5.74, 6) is 0. The maximum Gasteiger partial charge on any atom is 0.0797 e. The summed E-state index contributed by atoms with van der Waals surface area (Å²) >= 11 is 0. The molecule has 0 saturated carbocycles. The lowest BCUT2D eigenvalue weighted by molar-refractivity contribution is 0.256. The highest BCUT2D eigenvalue weighted by Crippen LogP contribution is 2.35. The van der Waals surface area contributed by atoms with Crippen LogP contribution in [0.1, 0.15) is 52.8 Å². The molecule has 138 valence electrons. The van der Waals surface area contributed by atoms with Crippen LogP contribution in [0.2, 0.25) is 0 Å². The zero-order valence-electron chi connectivity index (χ0n) is 17.4. The van der Waals surface area contributed by atoms with Gasteiger partial charge in [0.05, 0.1) is 11.4 Å². The SMILES string of the molecule is Cc1cc(C)c(C2=CN(c3c(C)cc(C)cc3C)NN2C(C)C)c(C)c1. The molecule has 2 aromatic rings. The van der Waals surface area contributed by atoms with Gasteiger partial charge in [0.15, 0.2) is 0 Å². The summed E-state index contributed by atoms with van der Waals surface area (Å²) in [6.07, 6.45) is 2.25. The first-order valence-corrected chi connectivity index (χ1v) is 9.41. The fourth-order valence-corrected chi connectivity index (χ4v) is 4.21. The molecule has 0 amide bonds. The molecular formula is C23H31N3. The lowest BCUT2D eigenvalue weighted by atomic mass is 9.97. The lowest BCUT2D eigenvalue weighted by Gasteiger charge is -2.30. The molecule has 1 aliphatic rings. The molecular weight excluding hydrogens is 318 g/mol. The van der Waals surface area contributed by atoms with Crippen LogP contribution in [0.5, 0.6) is 0 Å². The van der Waals surface area contributed by atoms with E-state index in [4.69, 9.17) is 0 Å². The summed E-state index contributed by atoms with van der Waals surface area (Å²) in [6.45, 7) is 17.5. The van der Waals surface area contributed by atoms with Gasteiger partial charge >= 0.3 is 0 Å². The van der Waals surface area contributed by atoms with Crippen molar-refractivity contribution in [3.63, 3.8) is 0 Å². The largest absolute Gasteiger partial charge is 0.286 e. The number of hydrogen-bond donors (Lipinski definition) is 1. The van der Waals surface area contributed by atoms with Crippen molar-refractivity contribution in [2.75, 3.05) is 5.01 Å². The first kappa shape index (κ1) is 18.5. The van der Waals surface area contributed by atoms with Crippen LogP contribution in [0.3, 0.4) is 0 Å². The Labute approximate surface area is 158 Å². The minimum atomic E-state index is 0.345. The predicted molar refractivity (Wildman–Crippen MR) is 112 cm³/mol. The zero-order chi connectivity index (χ0) is 19.2. The number of nitrogens with zero attached hydrogens (tertiary/aromatic N) is 2. The minimum absolute atomic E-state index is 0.345. The Balaban J connectivity index is 2.14. The number of hydrogen-bond acceptors (Lipinski definition) is 3. The van der Waals surface area contributed by atoms with E-state index < -0.39 is 0 Å². The number of anilines is 1. The van der Waals surface area contributed by atoms with E-state index >= 15 is 0 Å². The van der Waals surface area contributed by atoms with Gasteiger partial charge in [-0.1, -0.05) is 35.4 Å². The van der Waals surface area contributed by atoms with E-state index in [1.54, 1.807) is 0 Å². The van der Waals surface area contributed by atoms with Crippen LogP contribution in [-0.2, 0) is 0 Å². The van der Waals surface area contributed by atoms with Crippen molar-refractivity contribution < 1.29 is 0 Å². The Kier molecular flexibility index (Phi) is 4.85. The molecule has 2 aromatic carbocycles. The quantitative estimate of drug-likeness (QED) is 0.791. The van der Waals surface area contributed by atoms with Crippen molar-refractivity contribution in [3.8, 4) is 0 Å². The monoisotopic (exact) mass is 349 g/mol. The molecule has 0 radical (unpaired) electrons. The summed E-state index contributed by atoms with van der Waals surface area (Å²) in [6, 6.07) is 9.38. The summed E-state index contributed by atoms with van der Waals surface area (Å²) in [4.78, 5) is 0. The van der Waals surface area contributed by atoms with Crippen molar-refractivity contribution in [3.05, 3.63) is 69.4 Å². The van der Waals surface area contributed by atoms with Crippen LogP contribution in [0.15, 0.2) is 30.5 Å². The van der Waals surface area contributed by atoms with E-state index in [1.165, 1.54) is 50.3 Å². The molecule has 1 aliphatic heterocycles. The first-order chi connectivity index (χ1) is 12.2.